The minimum absolute atomic E-state index is 0.0118. The highest BCUT2D eigenvalue weighted by Gasteiger charge is 2.16. The Morgan fingerprint density at radius 3 is 2.95 bits per heavy atom. The van der Waals surface area contributed by atoms with Crippen molar-refractivity contribution in [2.75, 3.05) is 19.5 Å². The molecular weight excluding hydrogens is 292 g/mol. The number of rotatable bonds is 3. The van der Waals surface area contributed by atoms with E-state index >= 15 is 0 Å². The van der Waals surface area contributed by atoms with Crippen LogP contribution in [0.15, 0.2) is 12.4 Å². The molecule has 108 valence electrons. The van der Waals surface area contributed by atoms with Crippen LogP contribution in [0.1, 0.15) is 15.5 Å². The van der Waals surface area contributed by atoms with Crippen molar-refractivity contribution in [3.05, 3.63) is 23.1 Å². The quantitative estimate of drug-likeness (QED) is 0.731. The fourth-order valence-corrected chi connectivity index (χ4v) is 2.74. The number of fused-ring (bicyclic) bond motifs is 1. The van der Waals surface area contributed by atoms with E-state index in [4.69, 9.17) is 0 Å². The number of ether oxygens (including phenoxy) is 1. The molecule has 0 aliphatic rings. The highest BCUT2D eigenvalue weighted by atomic mass is 32.1. The maximum absolute atomic E-state index is 11.4. The van der Waals surface area contributed by atoms with Gasteiger partial charge < -0.3 is 10.1 Å². The number of thiophene rings is 1. The molecule has 0 aliphatic heterocycles. The predicted octanol–water partition coefficient (Wildman–Crippen LogP) is 1.41. The van der Waals surface area contributed by atoms with Gasteiger partial charge >= 0.3 is 5.97 Å². The van der Waals surface area contributed by atoms with Crippen LogP contribution >= 0.6 is 11.3 Å². The Bertz CT molecular complexity index is 824. The van der Waals surface area contributed by atoms with E-state index in [1.807, 2.05) is 13.0 Å². The standard InChI is InChI=1S/C12H12N6O2S/c1-6-4-7-9(15-12(13-2)16-10(7)21-6)18-5-14-8(17-18)11(19)20-3/h4-5H,1-3H3,(H,13,15,16). The first-order chi connectivity index (χ1) is 10.1. The first-order valence-corrected chi connectivity index (χ1v) is 6.90. The van der Waals surface area contributed by atoms with Crippen LogP contribution in [0.2, 0.25) is 0 Å². The highest BCUT2D eigenvalue weighted by Crippen LogP contribution is 2.28. The minimum atomic E-state index is -0.589. The maximum atomic E-state index is 11.4. The van der Waals surface area contributed by atoms with Gasteiger partial charge in [-0.15, -0.1) is 16.4 Å². The molecule has 0 atom stereocenters. The van der Waals surface area contributed by atoms with Gasteiger partial charge in [0.05, 0.1) is 12.5 Å². The summed E-state index contributed by atoms with van der Waals surface area (Å²) in [5.74, 6) is 0.447. The zero-order valence-corrected chi connectivity index (χ0v) is 12.4. The van der Waals surface area contributed by atoms with Gasteiger partial charge in [-0.3, -0.25) is 0 Å². The Labute approximate surface area is 123 Å². The van der Waals surface area contributed by atoms with Crippen LogP contribution in [-0.2, 0) is 4.74 Å². The van der Waals surface area contributed by atoms with Gasteiger partial charge in [-0.05, 0) is 13.0 Å². The normalized spacial score (nSPS) is 10.8. The Balaban J connectivity index is 2.18. The maximum Gasteiger partial charge on any atom is 0.377 e. The van der Waals surface area contributed by atoms with Gasteiger partial charge in [0.1, 0.15) is 11.2 Å². The molecule has 8 nitrogen and oxygen atoms in total. The summed E-state index contributed by atoms with van der Waals surface area (Å²) in [7, 11) is 3.03. The summed E-state index contributed by atoms with van der Waals surface area (Å²) in [6, 6.07) is 1.98. The number of carbonyl (C=O) groups is 1. The average Bonchev–Trinajstić information content (AvgIpc) is 3.10. The SMILES string of the molecule is CNc1nc(-n2cnc(C(=O)OC)n2)c2cc(C)sc2n1. The molecule has 0 aliphatic carbocycles. The summed E-state index contributed by atoms with van der Waals surface area (Å²) >= 11 is 1.56. The fraction of sp³-hybridized carbons (Fsp3) is 0.250. The van der Waals surface area contributed by atoms with Gasteiger partial charge in [0.25, 0.3) is 5.82 Å². The average molecular weight is 304 g/mol. The number of methoxy groups -OCH3 is 1. The Morgan fingerprint density at radius 1 is 1.43 bits per heavy atom. The van der Waals surface area contributed by atoms with Gasteiger partial charge in [0, 0.05) is 11.9 Å². The lowest BCUT2D eigenvalue weighted by Crippen LogP contribution is -2.07. The highest BCUT2D eigenvalue weighted by molar-refractivity contribution is 7.18. The molecule has 0 bridgehead atoms. The van der Waals surface area contributed by atoms with Gasteiger partial charge in [0.15, 0.2) is 5.82 Å². The van der Waals surface area contributed by atoms with E-state index in [-0.39, 0.29) is 5.82 Å². The summed E-state index contributed by atoms with van der Waals surface area (Å²) < 4.78 is 6.05. The summed E-state index contributed by atoms with van der Waals surface area (Å²) in [6.07, 6.45) is 1.43. The zero-order valence-electron chi connectivity index (χ0n) is 11.6. The van der Waals surface area contributed by atoms with Crippen molar-refractivity contribution >= 4 is 33.5 Å². The fourth-order valence-electron chi connectivity index (χ4n) is 1.86. The lowest BCUT2D eigenvalue weighted by Gasteiger charge is -2.04. The number of aryl methyl sites for hydroxylation is 1. The van der Waals surface area contributed by atoms with Crippen molar-refractivity contribution in [1.82, 2.24) is 24.7 Å². The summed E-state index contributed by atoms with van der Waals surface area (Å²) in [6.45, 7) is 2.00. The van der Waals surface area contributed by atoms with Crippen molar-refractivity contribution in [3.8, 4) is 5.82 Å². The molecular formula is C12H12N6O2S. The van der Waals surface area contributed by atoms with Crippen molar-refractivity contribution < 1.29 is 9.53 Å². The van der Waals surface area contributed by atoms with Crippen LogP contribution in [0.5, 0.6) is 0 Å². The van der Waals surface area contributed by atoms with Gasteiger partial charge in [0.2, 0.25) is 5.95 Å². The van der Waals surface area contributed by atoms with E-state index in [9.17, 15) is 4.79 Å². The molecule has 9 heteroatoms. The van der Waals surface area contributed by atoms with Crippen molar-refractivity contribution in [1.29, 1.82) is 0 Å². The third-order valence-corrected chi connectivity index (χ3v) is 3.74. The Hall–Kier alpha value is -2.55. The molecule has 3 aromatic heterocycles. The van der Waals surface area contributed by atoms with E-state index in [2.05, 4.69) is 30.1 Å². The van der Waals surface area contributed by atoms with Gasteiger partial charge in [-0.1, -0.05) is 0 Å². The van der Waals surface area contributed by atoms with Gasteiger partial charge in [-0.2, -0.15) is 4.98 Å². The zero-order chi connectivity index (χ0) is 15.0. The van der Waals surface area contributed by atoms with E-state index in [0.717, 1.165) is 15.1 Å². The molecule has 1 N–H and O–H groups in total. The van der Waals surface area contributed by atoms with Crippen LogP contribution in [-0.4, -0.2) is 44.9 Å². The topological polar surface area (TPSA) is 94.8 Å². The van der Waals surface area contributed by atoms with Crippen LogP contribution in [0.3, 0.4) is 0 Å². The Morgan fingerprint density at radius 2 is 2.24 bits per heavy atom. The lowest BCUT2D eigenvalue weighted by molar-refractivity contribution is 0.0587. The molecule has 3 rings (SSSR count). The second kappa shape index (κ2) is 5.09. The lowest BCUT2D eigenvalue weighted by atomic mass is 10.3. The van der Waals surface area contributed by atoms with Crippen LogP contribution in [0.4, 0.5) is 5.95 Å². The van der Waals surface area contributed by atoms with Crippen LogP contribution in [0, 0.1) is 6.92 Å². The van der Waals surface area contributed by atoms with E-state index in [0.29, 0.717) is 11.8 Å². The molecule has 3 aromatic rings. The molecule has 0 unspecified atom stereocenters. The smallest absolute Gasteiger partial charge is 0.377 e. The summed E-state index contributed by atoms with van der Waals surface area (Å²) in [5.41, 5.74) is 0. The van der Waals surface area contributed by atoms with Crippen molar-refractivity contribution in [2.45, 2.75) is 6.92 Å². The third-order valence-electron chi connectivity index (χ3n) is 2.80. The van der Waals surface area contributed by atoms with E-state index in [1.54, 1.807) is 18.4 Å². The Kier molecular flexibility index (Phi) is 3.26. The molecule has 0 saturated heterocycles. The minimum Gasteiger partial charge on any atom is -0.463 e. The third kappa shape index (κ3) is 2.31. The molecule has 0 spiro atoms. The molecule has 21 heavy (non-hydrogen) atoms. The largest absolute Gasteiger partial charge is 0.463 e. The molecule has 0 radical (unpaired) electrons. The predicted molar refractivity (Wildman–Crippen MR) is 78.0 cm³/mol. The summed E-state index contributed by atoms with van der Waals surface area (Å²) in [4.78, 5) is 26.1. The van der Waals surface area contributed by atoms with Crippen LogP contribution in [0.25, 0.3) is 16.0 Å². The molecule has 0 saturated carbocycles. The second-order valence-electron chi connectivity index (χ2n) is 4.20. The number of carbonyl (C=O) groups excluding carboxylic acids is 1. The second-order valence-corrected chi connectivity index (χ2v) is 5.44. The van der Waals surface area contributed by atoms with Gasteiger partial charge in [-0.25, -0.2) is 19.4 Å². The van der Waals surface area contributed by atoms with E-state index < -0.39 is 5.97 Å². The molecule has 0 aromatic carbocycles. The number of aromatic nitrogens is 5. The van der Waals surface area contributed by atoms with Crippen molar-refractivity contribution in [3.63, 3.8) is 0 Å². The first kappa shape index (κ1) is 13.4. The number of nitrogens with one attached hydrogen (secondary N) is 1. The first-order valence-electron chi connectivity index (χ1n) is 6.08. The summed E-state index contributed by atoms with van der Waals surface area (Å²) in [5, 5.41) is 7.87. The number of anilines is 1. The number of hydrogen-bond donors (Lipinski definition) is 1. The molecule has 0 fully saturated rings. The monoisotopic (exact) mass is 304 g/mol. The van der Waals surface area contributed by atoms with Crippen molar-refractivity contribution in [2.24, 2.45) is 0 Å². The number of hydrogen-bond acceptors (Lipinski definition) is 8. The number of nitrogens with zero attached hydrogens (tertiary/aromatic N) is 5. The molecule has 0 amide bonds. The number of esters is 1. The van der Waals surface area contributed by atoms with E-state index in [1.165, 1.54) is 18.1 Å². The van der Waals surface area contributed by atoms with Crippen LogP contribution < -0.4 is 5.32 Å². The molecule has 3 heterocycles.